The van der Waals surface area contributed by atoms with Crippen LogP contribution < -0.4 is 21.5 Å². The van der Waals surface area contributed by atoms with Gasteiger partial charge in [0.15, 0.2) is 0 Å². The molecule has 8 heteroatoms. The zero-order chi connectivity index (χ0) is 17.3. The van der Waals surface area contributed by atoms with Gasteiger partial charge in [0, 0.05) is 35.5 Å². The van der Waals surface area contributed by atoms with Gasteiger partial charge >= 0.3 is 0 Å². The molecule has 2 fully saturated rings. The molecule has 2 aliphatic rings. The summed E-state index contributed by atoms with van der Waals surface area (Å²) in [6.07, 6.45) is 1.01. The second-order valence-electron chi connectivity index (χ2n) is 7.26. The van der Waals surface area contributed by atoms with Crippen molar-refractivity contribution in [3.8, 4) is 0 Å². The summed E-state index contributed by atoms with van der Waals surface area (Å²) in [6.45, 7) is 6.20. The molecule has 4 N–H and O–H groups in total. The van der Waals surface area contributed by atoms with Gasteiger partial charge in [-0.3, -0.25) is 10.2 Å². The van der Waals surface area contributed by atoms with Crippen LogP contribution in [-0.4, -0.2) is 37.6 Å². The molecule has 3 rings (SSSR count). The molecule has 140 valence electrons. The Bertz CT molecular complexity index is 629. The standard InChI is InChI=1S/C17H24ClFN4O.ClH/c1-17(2,12-4-3-10(19)7-13(12)18)9-21-16(24)15-11-8-20-6-5-14(11)22-23-15;/h3-4,7,11,14-15,20,22-23H,5-6,8-9H2,1-2H3,(H,21,24);1H. The van der Waals surface area contributed by atoms with Gasteiger partial charge in [-0.2, -0.15) is 0 Å². The number of hydrogen-bond donors (Lipinski definition) is 4. The van der Waals surface area contributed by atoms with Crippen molar-refractivity contribution >= 4 is 29.9 Å². The van der Waals surface area contributed by atoms with E-state index >= 15 is 0 Å². The van der Waals surface area contributed by atoms with E-state index in [0.29, 0.717) is 17.6 Å². The third-order valence-electron chi connectivity index (χ3n) is 5.03. The molecule has 0 saturated carbocycles. The number of rotatable bonds is 4. The summed E-state index contributed by atoms with van der Waals surface area (Å²) in [4.78, 5) is 12.6. The molecule has 1 aromatic carbocycles. The number of hydrogen-bond acceptors (Lipinski definition) is 4. The van der Waals surface area contributed by atoms with Gasteiger partial charge in [-0.25, -0.2) is 9.82 Å². The van der Waals surface area contributed by atoms with Crippen molar-refractivity contribution in [3.63, 3.8) is 0 Å². The summed E-state index contributed by atoms with van der Waals surface area (Å²) >= 11 is 6.16. The summed E-state index contributed by atoms with van der Waals surface area (Å²) in [5.74, 6) is -0.137. The number of nitrogens with one attached hydrogen (secondary N) is 4. The average molecular weight is 391 g/mol. The second-order valence-corrected chi connectivity index (χ2v) is 7.66. The minimum absolute atomic E-state index is 0. The molecule has 1 aromatic rings. The Hall–Kier alpha value is -0.920. The highest BCUT2D eigenvalue weighted by molar-refractivity contribution is 6.31. The van der Waals surface area contributed by atoms with E-state index in [0.717, 1.165) is 25.1 Å². The number of fused-ring (bicyclic) bond motifs is 1. The molecule has 2 saturated heterocycles. The second kappa shape index (κ2) is 8.18. The van der Waals surface area contributed by atoms with Crippen LogP contribution in [0.3, 0.4) is 0 Å². The van der Waals surface area contributed by atoms with Gasteiger partial charge < -0.3 is 10.6 Å². The van der Waals surface area contributed by atoms with E-state index in [1.807, 2.05) is 13.8 Å². The van der Waals surface area contributed by atoms with E-state index in [1.54, 1.807) is 6.07 Å². The van der Waals surface area contributed by atoms with Gasteiger partial charge in [0.25, 0.3) is 0 Å². The first-order chi connectivity index (χ1) is 11.4. The maximum absolute atomic E-state index is 13.2. The summed E-state index contributed by atoms with van der Waals surface area (Å²) < 4.78 is 13.2. The van der Waals surface area contributed by atoms with Crippen LogP contribution >= 0.6 is 24.0 Å². The number of carbonyl (C=O) groups excluding carboxylic acids is 1. The minimum Gasteiger partial charge on any atom is -0.354 e. The van der Waals surface area contributed by atoms with Crippen LogP contribution in [0.1, 0.15) is 25.8 Å². The molecule has 2 heterocycles. The van der Waals surface area contributed by atoms with Gasteiger partial charge in [0.05, 0.1) is 0 Å². The minimum atomic E-state index is -0.392. The van der Waals surface area contributed by atoms with Crippen LogP contribution in [0.5, 0.6) is 0 Å². The third kappa shape index (κ3) is 4.44. The summed E-state index contributed by atoms with van der Waals surface area (Å²) in [7, 11) is 0. The molecule has 0 bridgehead atoms. The molecule has 0 radical (unpaired) electrons. The van der Waals surface area contributed by atoms with Crippen molar-refractivity contribution in [3.05, 3.63) is 34.6 Å². The third-order valence-corrected chi connectivity index (χ3v) is 5.34. The normalized spacial score (nSPS) is 25.8. The molecule has 5 nitrogen and oxygen atoms in total. The fraction of sp³-hybridized carbons (Fsp3) is 0.588. The first kappa shape index (κ1) is 20.4. The molecular formula is C17H25Cl2FN4O. The van der Waals surface area contributed by atoms with E-state index in [9.17, 15) is 9.18 Å². The smallest absolute Gasteiger partial charge is 0.238 e. The predicted molar refractivity (Wildman–Crippen MR) is 99.5 cm³/mol. The van der Waals surface area contributed by atoms with E-state index < -0.39 is 5.41 Å². The highest BCUT2D eigenvalue weighted by Gasteiger charge is 2.41. The van der Waals surface area contributed by atoms with Crippen molar-refractivity contribution < 1.29 is 9.18 Å². The maximum atomic E-state index is 13.2. The molecule has 0 aromatic heterocycles. The van der Waals surface area contributed by atoms with Crippen LogP contribution in [0.4, 0.5) is 4.39 Å². The molecule has 0 aliphatic carbocycles. The lowest BCUT2D eigenvalue weighted by atomic mass is 9.84. The first-order valence-electron chi connectivity index (χ1n) is 8.33. The van der Waals surface area contributed by atoms with E-state index in [4.69, 9.17) is 11.6 Å². The lowest BCUT2D eigenvalue weighted by molar-refractivity contribution is -0.124. The molecule has 25 heavy (non-hydrogen) atoms. The van der Waals surface area contributed by atoms with Crippen molar-refractivity contribution in [1.82, 2.24) is 21.5 Å². The molecular weight excluding hydrogens is 366 g/mol. The Kier molecular flexibility index (Phi) is 6.68. The van der Waals surface area contributed by atoms with E-state index in [-0.39, 0.29) is 36.1 Å². The van der Waals surface area contributed by atoms with Crippen LogP contribution in [0, 0.1) is 11.7 Å². The Balaban J connectivity index is 0.00000225. The zero-order valence-corrected chi connectivity index (χ0v) is 15.9. The molecule has 0 spiro atoms. The monoisotopic (exact) mass is 390 g/mol. The van der Waals surface area contributed by atoms with Crippen molar-refractivity contribution in [2.45, 2.75) is 37.8 Å². The molecule has 3 unspecified atom stereocenters. The maximum Gasteiger partial charge on any atom is 0.238 e. The summed E-state index contributed by atoms with van der Waals surface area (Å²) in [5, 5.41) is 6.74. The first-order valence-corrected chi connectivity index (χ1v) is 8.71. The van der Waals surface area contributed by atoms with Crippen molar-refractivity contribution in [2.24, 2.45) is 5.92 Å². The highest BCUT2D eigenvalue weighted by Crippen LogP contribution is 2.30. The fourth-order valence-corrected chi connectivity index (χ4v) is 3.95. The van der Waals surface area contributed by atoms with Crippen molar-refractivity contribution in [1.29, 1.82) is 0 Å². The number of piperidine rings is 1. The highest BCUT2D eigenvalue weighted by atomic mass is 35.5. The van der Waals surface area contributed by atoms with E-state index in [2.05, 4.69) is 21.5 Å². The summed E-state index contributed by atoms with van der Waals surface area (Å²) in [6, 6.07) is 4.47. The Morgan fingerprint density at radius 3 is 2.88 bits per heavy atom. The molecule has 2 aliphatic heterocycles. The van der Waals surface area contributed by atoms with Gasteiger partial charge in [-0.1, -0.05) is 31.5 Å². The van der Waals surface area contributed by atoms with Crippen LogP contribution in [0.25, 0.3) is 0 Å². The lowest BCUT2D eigenvalue weighted by Gasteiger charge is -2.30. The average Bonchev–Trinajstić information content (AvgIpc) is 2.96. The Morgan fingerprint density at radius 2 is 2.16 bits per heavy atom. The predicted octanol–water partition coefficient (Wildman–Crippen LogP) is 1.75. The van der Waals surface area contributed by atoms with Crippen LogP contribution in [-0.2, 0) is 10.2 Å². The van der Waals surface area contributed by atoms with Crippen LogP contribution in [0.2, 0.25) is 5.02 Å². The Morgan fingerprint density at radius 1 is 1.40 bits per heavy atom. The van der Waals surface area contributed by atoms with Gasteiger partial charge in [-0.15, -0.1) is 12.4 Å². The SMILES string of the molecule is CC(C)(CNC(=O)C1NNC2CCNCC21)c1ccc(F)cc1Cl.Cl. The number of carbonyl (C=O) groups is 1. The van der Waals surface area contributed by atoms with Gasteiger partial charge in [0.1, 0.15) is 11.9 Å². The van der Waals surface area contributed by atoms with E-state index in [1.165, 1.54) is 12.1 Å². The quantitative estimate of drug-likeness (QED) is 0.632. The Labute approximate surface area is 158 Å². The lowest BCUT2D eigenvalue weighted by Crippen LogP contribution is -2.51. The summed E-state index contributed by atoms with van der Waals surface area (Å²) in [5.41, 5.74) is 6.76. The zero-order valence-electron chi connectivity index (χ0n) is 14.4. The van der Waals surface area contributed by atoms with Crippen molar-refractivity contribution in [2.75, 3.05) is 19.6 Å². The molecule has 1 amide bonds. The van der Waals surface area contributed by atoms with Crippen LogP contribution in [0.15, 0.2) is 18.2 Å². The topological polar surface area (TPSA) is 65.2 Å². The number of halogens is 3. The number of amides is 1. The number of hydrazine groups is 1. The van der Waals surface area contributed by atoms with Gasteiger partial charge in [0.2, 0.25) is 5.91 Å². The largest absolute Gasteiger partial charge is 0.354 e. The number of benzene rings is 1. The van der Waals surface area contributed by atoms with Gasteiger partial charge in [-0.05, 0) is 30.7 Å². The molecule has 3 atom stereocenters. The fourth-order valence-electron chi connectivity index (χ4n) is 3.53.